The number of rotatable bonds is 5. The third-order valence-corrected chi connectivity index (χ3v) is 5.42. The molecule has 0 aliphatic rings. The SMILES string of the molecule is O=C(NCc1cccc(Cl)c1)c1cc2sccc2n1Cc1cccc(F)c1. The molecule has 0 saturated carbocycles. The van der Waals surface area contributed by atoms with Crippen LogP contribution in [0, 0.1) is 5.82 Å². The molecular weight excluding hydrogens is 383 g/mol. The van der Waals surface area contributed by atoms with Crippen molar-refractivity contribution in [2.45, 2.75) is 13.1 Å². The van der Waals surface area contributed by atoms with E-state index in [1.54, 1.807) is 23.5 Å². The zero-order chi connectivity index (χ0) is 18.8. The topological polar surface area (TPSA) is 34.0 Å². The minimum Gasteiger partial charge on any atom is -0.347 e. The molecule has 0 bridgehead atoms. The average Bonchev–Trinajstić information content (AvgIpc) is 3.23. The summed E-state index contributed by atoms with van der Waals surface area (Å²) in [7, 11) is 0. The predicted molar refractivity (Wildman–Crippen MR) is 108 cm³/mol. The third kappa shape index (κ3) is 3.89. The molecule has 0 spiro atoms. The number of carbonyl (C=O) groups excluding carboxylic acids is 1. The third-order valence-electron chi connectivity index (χ3n) is 4.33. The first-order valence-electron chi connectivity index (χ1n) is 8.44. The number of hydrogen-bond acceptors (Lipinski definition) is 2. The van der Waals surface area contributed by atoms with E-state index in [-0.39, 0.29) is 11.7 Å². The van der Waals surface area contributed by atoms with Gasteiger partial charge in [0.2, 0.25) is 0 Å². The Labute approximate surface area is 165 Å². The van der Waals surface area contributed by atoms with Gasteiger partial charge in [-0.1, -0.05) is 35.9 Å². The quantitative estimate of drug-likeness (QED) is 0.475. The van der Waals surface area contributed by atoms with Crippen LogP contribution >= 0.6 is 22.9 Å². The number of benzene rings is 2. The Hall–Kier alpha value is -2.63. The van der Waals surface area contributed by atoms with Crippen molar-refractivity contribution in [1.82, 2.24) is 9.88 Å². The van der Waals surface area contributed by atoms with Crippen LogP contribution in [0.15, 0.2) is 66.0 Å². The fourth-order valence-electron chi connectivity index (χ4n) is 3.07. The van der Waals surface area contributed by atoms with Crippen LogP contribution in [0.5, 0.6) is 0 Å². The molecule has 3 nitrogen and oxygen atoms in total. The van der Waals surface area contributed by atoms with Gasteiger partial charge in [0.1, 0.15) is 11.5 Å². The average molecular weight is 399 g/mol. The molecule has 2 heterocycles. The molecule has 0 aliphatic heterocycles. The van der Waals surface area contributed by atoms with Crippen molar-refractivity contribution in [2.75, 3.05) is 0 Å². The van der Waals surface area contributed by atoms with Crippen molar-refractivity contribution >= 4 is 39.1 Å². The van der Waals surface area contributed by atoms with Crippen molar-refractivity contribution in [3.05, 3.63) is 93.7 Å². The van der Waals surface area contributed by atoms with Crippen molar-refractivity contribution in [1.29, 1.82) is 0 Å². The fraction of sp³-hybridized carbons (Fsp3) is 0.0952. The maximum Gasteiger partial charge on any atom is 0.268 e. The van der Waals surface area contributed by atoms with Crippen molar-refractivity contribution in [2.24, 2.45) is 0 Å². The molecule has 1 N–H and O–H groups in total. The highest BCUT2D eigenvalue weighted by molar-refractivity contribution is 7.17. The number of nitrogens with zero attached hydrogens (tertiary/aromatic N) is 1. The summed E-state index contributed by atoms with van der Waals surface area (Å²) in [6.07, 6.45) is 0. The number of fused-ring (bicyclic) bond motifs is 1. The normalized spacial score (nSPS) is 11.0. The van der Waals surface area contributed by atoms with Crippen molar-refractivity contribution < 1.29 is 9.18 Å². The van der Waals surface area contributed by atoms with E-state index in [1.165, 1.54) is 12.1 Å². The number of thiophene rings is 1. The summed E-state index contributed by atoms with van der Waals surface area (Å²) in [5.74, 6) is -0.456. The summed E-state index contributed by atoms with van der Waals surface area (Å²) in [4.78, 5) is 12.8. The summed E-state index contributed by atoms with van der Waals surface area (Å²) >= 11 is 7.58. The van der Waals surface area contributed by atoms with E-state index in [1.807, 2.05) is 46.3 Å². The van der Waals surface area contributed by atoms with Gasteiger partial charge in [-0.25, -0.2) is 4.39 Å². The van der Waals surface area contributed by atoms with Crippen LogP contribution in [0.2, 0.25) is 5.02 Å². The van der Waals surface area contributed by atoms with E-state index < -0.39 is 0 Å². The van der Waals surface area contributed by atoms with Crippen molar-refractivity contribution in [3.63, 3.8) is 0 Å². The van der Waals surface area contributed by atoms with Gasteiger partial charge in [0.05, 0.1) is 10.2 Å². The van der Waals surface area contributed by atoms with Crippen LogP contribution in [0.25, 0.3) is 10.2 Å². The predicted octanol–water partition coefficient (Wildman–Crippen LogP) is 5.47. The van der Waals surface area contributed by atoms with Crippen LogP contribution in [0.1, 0.15) is 21.6 Å². The van der Waals surface area contributed by atoms with Gasteiger partial charge in [0, 0.05) is 18.1 Å². The first-order valence-corrected chi connectivity index (χ1v) is 9.70. The molecule has 4 rings (SSSR count). The molecule has 0 radical (unpaired) electrons. The van der Waals surface area contributed by atoms with Crippen LogP contribution in [-0.2, 0) is 13.1 Å². The van der Waals surface area contributed by atoms with Gasteiger partial charge in [-0.2, -0.15) is 0 Å². The number of amides is 1. The summed E-state index contributed by atoms with van der Waals surface area (Å²) in [5, 5.41) is 5.57. The monoisotopic (exact) mass is 398 g/mol. The maximum atomic E-state index is 13.6. The number of hydrogen-bond donors (Lipinski definition) is 1. The smallest absolute Gasteiger partial charge is 0.268 e. The molecule has 0 aliphatic carbocycles. The largest absolute Gasteiger partial charge is 0.347 e. The zero-order valence-electron chi connectivity index (χ0n) is 14.3. The van der Waals surface area contributed by atoms with E-state index in [9.17, 15) is 9.18 Å². The summed E-state index contributed by atoms with van der Waals surface area (Å²) in [6.45, 7) is 0.816. The van der Waals surface area contributed by atoms with E-state index in [4.69, 9.17) is 11.6 Å². The Morgan fingerprint density at radius 3 is 2.70 bits per heavy atom. The Morgan fingerprint density at radius 2 is 1.89 bits per heavy atom. The lowest BCUT2D eigenvalue weighted by Gasteiger charge is -2.11. The Bertz CT molecular complexity index is 1120. The van der Waals surface area contributed by atoms with Crippen molar-refractivity contribution in [3.8, 4) is 0 Å². The maximum absolute atomic E-state index is 13.6. The molecule has 0 fully saturated rings. The highest BCUT2D eigenvalue weighted by Crippen LogP contribution is 2.26. The zero-order valence-corrected chi connectivity index (χ0v) is 15.9. The molecular formula is C21H16ClFN2OS. The summed E-state index contributed by atoms with van der Waals surface area (Å²) in [5.41, 5.74) is 3.27. The van der Waals surface area contributed by atoms with Crippen LogP contribution < -0.4 is 5.32 Å². The number of carbonyl (C=O) groups is 1. The van der Waals surface area contributed by atoms with Gasteiger partial charge < -0.3 is 9.88 Å². The minimum atomic E-state index is -0.284. The summed E-state index contributed by atoms with van der Waals surface area (Å²) < 4.78 is 16.5. The van der Waals surface area contributed by atoms with Crippen LogP contribution in [0.4, 0.5) is 4.39 Å². The molecule has 1 amide bonds. The van der Waals surface area contributed by atoms with Gasteiger partial charge in [0.25, 0.3) is 5.91 Å². The summed E-state index contributed by atoms with van der Waals surface area (Å²) in [6, 6.07) is 17.7. The highest BCUT2D eigenvalue weighted by atomic mass is 35.5. The molecule has 0 unspecified atom stereocenters. The Kier molecular flexibility index (Phi) is 4.97. The lowest BCUT2D eigenvalue weighted by molar-refractivity contribution is 0.0942. The fourth-order valence-corrected chi connectivity index (χ4v) is 4.11. The van der Waals surface area contributed by atoms with Crippen LogP contribution in [-0.4, -0.2) is 10.5 Å². The standard InChI is InChI=1S/C21H16ClFN2OS/c22-16-5-1-3-14(9-16)12-24-21(26)19-11-20-18(7-8-27-20)25(19)13-15-4-2-6-17(23)10-15/h1-11H,12-13H2,(H,24,26). The van der Waals surface area contributed by atoms with Gasteiger partial charge in [0.15, 0.2) is 0 Å². The van der Waals surface area contributed by atoms with Gasteiger partial charge in [-0.3, -0.25) is 4.79 Å². The number of halogens is 2. The van der Waals surface area contributed by atoms with Gasteiger partial charge in [-0.15, -0.1) is 11.3 Å². The van der Waals surface area contributed by atoms with Gasteiger partial charge >= 0.3 is 0 Å². The Morgan fingerprint density at radius 1 is 1.07 bits per heavy atom. The molecule has 2 aromatic heterocycles. The molecule has 0 saturated heterocycles. The van der Waals surface area contributed by atoms with E-state index >= 15 is 0 Å². The second-order valence-electron chi connectivity index (χ2n) is 6.23. The lowest BCUT2D eigenvalue weighted by Crippen LogP contribution is -2.25. The lowest BCUT2D eigenvalue weighted by atomic mass is 10.2. The molecule has 4 aromatic rings. The molecule has 136 valence electrons. The Balaban J connectivity index is 1.61. The molecule has 6 heteroatoms. The second kappa shape index (κ2) is 7.55. The second-order valence-corrected chi connectivity index (χ2v) is 7.61. The van der Waals surface area contributed by atoms with Crippen LogP contribution in [0.3, 0.4) is 0 Å². The number of aromatic nitrogens is 1. The highest BCUT2D eigenvalue weighted by Gasteiger charge is 2.17. The first-order chi connectivity index (χ1) is 13.1. The van der Waals surface area contributed by atoms with E-state index in [0.29, 0.717) is 23.8 Å². The minimum absolute atomic E-state index is 0.172. The van der Waals surface area contributed by atoms with Gasteiger partial charge in [-0.05, 0) is 52.9 Å². The molecule has 27 heavy (non-hydrogen) atoms. The molecule has 0 atom stereocenters. The molecule has 2 aromatic carbocycles. The first kappa shape index (κ1) is 17.8. The number of nitrogens with one attached hydrogen (secondary N) is 1. The van der Waals surface area contributed by atoms with E-state index in [0.717, 1.165) is 21.3 Å². The van der Waals surface area contributed by atoms with E-state index in [2.05, 4.69) is 5.32 Å².